The average molecular weight is 1840 g/mol. The van der Waals surface area contributed by atoms with Crippen molar-refractivity contribution in [3.8, 4) is 23.0 Å². The van der Waals surface area contributed by atoms with Crippen molar-refractivity contribution in [2.45, 2.75) is 231 Å². The maximum absolute atomic E-state index is 9.47. The zero-order valence-corrected chi connectivity index (χ0v) is 87.0. The van der Waals surface area contributed by atoms with E-state index in [4.69, 9.17) is 0 Å². The molecular formula is C132H140O4Ti. The van der Waals surface area contributed by atoms with Crippen LogP contribution in [0.1, 0.15) is 300 Å². The summed E-state index contributed by atoms with van der Waals surface area (Å²) in [5.74, 6) is 2.25. The fourth-order valence-electron chi connectivity index (χ4n) is 22.5. The first-order valence-corrected chi connectivity index (χ1v) is 51.8. The third-order valence-corrected chi connectivity index (χ3v) is 34.2. The molecule has 0 spiro atoms. The molecule has 137 heavy (non-hydrogen) atoms. The van der Waals surface area contributed by atoms with Crippen LogP contribution in [-0.2, 0) is 83.1 Å². The molecule has 696 valence electrons. The molecule has 4 nitrogen and oxygen atoms in total. The van der Waals surface area contributed by atoms with Gasteiger partial charge in [-0.15, -0.1) is 0 Å². The molecule has 0 aromatic heterocycles. The van der Waals surface area contributed by atoms with Crippen LogP contribution in [0.25, 0.3) is 0 Å². The van der Waals surface area contributed by atoms with Gasteiger partial charge in [0, 0.05) is 0 Å². The van der Waals surface area contributed by atoms with E-state index >= 15 is 0 Å². The van der Waals surface area contributed by atoms with E-state index in [1.165, 1.54) is 22.3 Å². The van der Waals surface area contributed by atoms with Gasteiger partial charge in [-0.25, -0.2) is 0 Å². The molecule has 0 atom stereocenters. The number of hydrogen-bond acceptors (Lipinski definition) is 4. The fraction of sp³-hybridized carbons (Fsp3) is 0.273. The predicted molar refractivity (Wildman–Crippen MR) is 571 cm³/mol. The summed E-state index contributed by atoms with van der Waals surface area (Å²) >= 11 is -6.79. The minimum atomic E-state index is -6.79. The Labute approximate surface area is 825 Å². The van der Waals surface area contributed by atoms with E-state index in [0.29, 0.717) is 23.0 Å². The summed E-state index contributed by atoms with van der Waals surface area (Å²) < 4.78 is 37.9. The molecule has 0 aliphatic rings. The zero-order valence-electron chi connectivity index (χ0n) is 85.4. The van der Waals surface area contributed by atoms with Crippen LogP contribution in [0, 0.1) is 0 Å². The third kappa shape index (κ3) is 18.3. The van der Waals surface area contributed by atoms with Gasteiger partial charge >= 0.3 is 832 Å². The van der Waals surface area contributed by atoms with Gasteiger partial charge in [-0.3, -0.25) is 0 Å². The Balaban J connectivity index is 1.18. The quantitative estimate of drug-likeness (QED) is 0.0394. The van der Waals surface area contributed by atoms with E-state index in [1.54, 1.807) is 0 Å². The number of rotatable bonds is 32. The summed E-state index contributed by atoms with van der Waals surface area (Å²) in [5, 5.41) is 0. The van der Waals surface area contributed by atoms with Gasteiger partial charge in [0.05, 0.1) is 0 Å². The van der Waals surface area contributed by atoms with E-state index in [-0.39, 0.29) is 0 Å². The molecule has 0 heterocycles. The topological polar surface area (TPSA) is 36.9 Å². The van der Waals surface area contributed by atoms with Crippen LogP contribution < -0.4 is 13.3 Å². The SMILES string of the molecule is CC(C)(c1ccccc1)c1ccc([O][Ti]([O]c2ccc(C(C)(C)c3ccccc3)c(C(C)(C)c3ccccc3)c2C(C)(C)c2ccccc2)([O]c2ccc(C(C)(C)c3ccccc3)c(C(C)(C)c3ccccc3)c2C(C)(C)c2ccccc2)[O]c2ccc(C(C)(C)c3ccccc3)c(C(C)(C)c3ccccc3)c2C(C)(C)c2ccccc2)c(C(C)(C)c2ccccc2)c1C(C)(C)c1ccccc1. The molecule has 0 aliphatic carbocycles. The first kappa shape index (κ1) is 97.5. The second-order valence-electron chi connectivity index (χ2n) is 44.2. The van der Waals surface area contributed by atoms with Crippen molar-refractivity contribution in [2.75, 3.05) is 0 Å². The molecule has 0 aliphatic heterocycles. The summed E-state index contributed by atoms with van der Waals surface area (Å²) in [5.41, 5.74) is 17.5. The summed E-state index contributed by atoms with van der Waals surface area (Å²) in [7, 11) is 0. The summed E-state index contributed by atoms with van der Waals surface area (Å²) in [4.78, 5) is 0. The van der Waals surface area contributed by atoms with Crippen LogP contribution in [0.5, 0.6) is 23.0 Å². The summed E-state index contributed by atoms with van der Waals surface area (Å²) in [6.07, 6.45) is 0. The molecule has 0 unspecified atom stereocenters. The Kier molecular flexibility index (Phi) is 26.9. The number of benzene rings is 16. The van der Waals surface area contributed by atoms with Crippen LogP contribution in [0.4, 0.5) is 0 Å². The van der Waals surface area contributed by atoms with Gasteiger partial charge in [0.1, 0.15) is 0 Å². The molecule has 0 N–H and O–H groups in total. The van der Waals surface area contributed by atoms with Crippen molar-refractivity contribution in [3.63, 3.8) is 0 Å². The Hall–Kier alpha value is -12.6. The first-order chi connectivity index (χ1) is 65.0. The molecule has 0 saturated carbocycles. The van der Waals surface area contributed by atoms with Crippen molar-refractivity contribution in [3.05, 3.63) is 546 Å². The van der Waals surface area contributed by atoms with Gasteiger partial charge in [0.25, 0.3) is 0 Å². The van der Waals surface area contributed by atoms with Gasteiger partial charge in [0.2, 0.25) is 0 Å². The molecule has 0 amide bonds. The molecule has 16 rings (SSSR count). The predicted octanol–water partition coefficient (Wildman–Crippen LogP) is 34.0. The van der Waals surface area contributed by atoms with E-state index in [1.807, 2.05) is 0 Å². The molecule has 5 heteroatoms. The second-order valence-corrected chi connectivity index (χ2v) is 47.1. The van der Waals surface area contributed by atoms with E-state index in [2.05, 4.69) is 579 Å². The minimum absolute atomic E-state index is 0.562. The van der Waals surface area contributed by atoms with Crippen LogP contribution in [-0.4, -0.2) is 0 Å². The van der Waals surface area contributed by atoms with Gasteiger partial charge in [-0.1, -0.05) is 0 Å². The molecule has 16 aromatic rings. The van der Waals surface area contributed by atoms with E-state index < -0.39 is 83.1 Å². The van der Waals surface area contributed by atoms with Gasteiger partial charge in [-0.05, 0) is 0 Å². The number of hydrogen-bond donors (Lipinski definition) is 0. The van der Waals surface area contributed by atoms with Crippen LogP contribution in [0.2, 0.25) is 0 Å². The van der Waals surface area contributed by atoms with E-state index in [0.717, 1.165) is 111 Å². The molecule has 0 fully saturated rings. The Morgan fingerprint density at radius 1 is 0.117 bits per heavy atom. The van der Waals surface area contributed by atoms with Gasteiger partial charge < -0.3 is 0 Å². The standard InChI is InChI=1S/4C33H36O.Ti/c4*1-31(2,24-16-10-7-11-17-24)27-22-23-28(34)30(33(5,6)26-20-14-9-15-21-26)29(27)32(3,4)25-18-12-8-13-19-25;/h4*7-23,34H,1-6H3;/q;;;;+4/p-4. The van der Waals surface area contributed by atoms with Gasteiger partial charge in [-0.2, -0.15) is 0 Å². The Morgan fingerprint density at radius 3 is 0.336 bits per heavy atom. The van der Waals surface area contributed by atoms with Crippen molar-refractivity contribution >= 4 is 0 Å². The van der Waals surface area contributed by atoms with Crippen molar-refractivity contribution in [2.24, 2.45) is 0 Å². The summed E-state index contributed by atoms with van der Waals surface area (Å²) in [6.45, 7) is 57.7. The van der Waals surface area contributed by atoms with Crippen LogP contribution in [0.15, 0.2) is 413 Å². The molecule has 16 aromatic carbocycles. The van der Waals surface area contributed by atoms with Crippen LogP contribution in [0.3, 0.4) is 0 Å². The molecular weight excluding hydrogens is 1700 g/mol. The Bertz CT molecular complexity index is 6000. The van der Waals surface area contributed by atoms with Crippen molar-refractivity contribution < 1.29 is 31.4 Å². The monoisotopic (exact) mass is 1840 g/mol. The van der Waals surface area contributed by atoms with Crippen LogP contribution >= 0.6 is 0 Å². The van der Waals surface area contributed by atoms with Crippen molar-refractivity contribution in [1.29, 1.82) is 0 Å². The molecule has 0 radical (unpaired) electrons. The molecule has 0 saturated heterocycles. The molecule has 0 bridgehead atoms. The normalized spacial score (nSPS) is 13.0. The average Bonchev–Trinajstić information content (AvgIpc) is 0.712. The fourth-order valence-corrected chi connectivity index (χ4v) is 25.7. The summed E-state index contributed by atoms with van der Waals surface area (Å²) in [6, 6.07) is 152. The third-order valence-electron chi connectivity index (χ3n) is 31.2. The van der Waals surface area contributed by atoms with Crippen molar-refractivity contribution in [1.82, 2.24) is 0 Å². The maximum atomic E-state index is 9.47. The second kappa shape index (κ2) is 37.7. The van der Waals surface area contributed by atoms with Gasteiger partial charge in [0.15, 0.2) is 0 Å². The Morgan fingerprint density at radius 2 is 0.219 bits per heavy atom. The first-order valence-electron chi connectivity index (χ1n) is 49.2. The van der Waals surface area contributed by atoms with E-state index in [9.17, 15) is 13.3 Å². The zero-order chi connectivity index (χ0) is 97.6.